The lowest BCUT2D eigenvalue weighted by Gasteiger charge is -2.28. The van der Waals surface area contributed by atoms with E-state index in [1.54, 1.807) is 0 Å². The number of hydrogen-bond donors (Lipinski definition) is 1. The van der Waals surface area contributed by atoms with Crippen molar-refractivity contribution in [3.8, 4) is 0 Å². The van der Waals surface area contributed by atoms with Crippen molar-refractivity contribution in [2.24, 2.45) is 0 Å². The molecule has 0 aliphatic carbocycles. The molecule has 0 unspecified atom stereocenters. The fourth-order valence-corrected chi connectivity index (χ4v) is 4.74. The fraction of sp³-hybridized carbons (Fsp3) is 0.833. The van der Waals surface area contributed by atoms with Gasteiger partial charge in [0.25, 0.3) is 0 Å². The molecule has 1 saturated heterocycles. The molecule has 3 amide bonds. The first kappa shape index (κ1) is 17.1. The Morgan fingerprint density at radius 3 is 2.05 bits per heavy atom. The van der Waals surface area contributed by atoms with Crippen LogP contribution in [0.15, 0.2) is 0 Å². The molecule has 1 rings (SSSR count). The molecule has 1 aliphatic rings. The maximum Gasteiger partial charge on any atom is 0.500 e. The number of carbonyl (C=O) groups is 2. The molecule has 0 bridgehead atoms. The summed E-state index contributed by atoms with van der Waals surface area (Å²) in [7, 11) is -2.65. The number of amides is 3. The molecule has 1 N–H and O–H groups in total. The summed E-state index contributed by atoms with van der Waals surface area (Å²) in [6.45, 7) is 7.97. The minimum Gasteiger partial charge on any atom is -0.374 e. The standard InChI is InChI=1S/C12H24N2O5Si/c1-4-17-20(18-5-2,19-6-3)9-7-8-14-10-11(15)13-12(14)16/h4-10H2,1-3H3,(H,13,15,16). The summed E-state index contributed by atoms with van der Waals surface area (Å²) in [6.07, 6.45) is 0.687. The highest BCUT2D eigenvalue weighted by molar-refractivity contribution is 6.60. The lowest BCUT2D eigenvalue weighted by molar-refractivity contribution is -0.118. The van der Waals surface area contributed by atoms with Gasteiger partial charge in [0.2, 0.25) is 5.91 Å². The van der Waals surface area contributed by atoms with Gasteiger partial charge in [-0.1, -0.05) is 0 Å². The van der Waals surface area contributed by atoms with Gasteiger partial charge < -0.3 is 18.2 Å². The molecule has 0 radical (unpaired) electrons. The minimum atomic E-state index is -2.65. The van der Waals surface area contributed by atoms with Crippen molar-refractivity contribution >= 4 is 20.7 Å². The van der Waals surface area contributed by atoms with Crippen LogP contribution in [-0.2, 0) is 18.1 Å². The first-order chi connectivity index (χ1) is 9.56. The second-order valence-electron chi connectivity index (χ2n) is 4.36. The smallest absolute Gasteiger partial charge is 0.374 e. The van der Waals surface area contributed by atoms with Gasteiger partial charge in [-0.05, 0) is 27.2 Å². The van der Waals surface area contributed by atoms with Crippen LogP contribution in [0.2, 0.25) is 6.04 Å². The highest BCUT2D eigenvalue weighted by Gasteiger charge is 2.40. The summed E-state index contributed by atoms with van der Waals surface area (Å²) >= 11 is 0. The Labute approximate surface area is 120 Å². The molecule has 1 heterocycles. The molecule has 1 fully saturated rings. The summed E-state index contributed by atoms with van der Waals surface area (Å²) in [6, 6.07) is 0.312. The molecule has 1 aliphatic heterocycles. The van der Waals surface area contributed by atoms with Crippen LogP contribution in [0.1, 0.15) is 27.2 Å². The van der Waals surface area contributed by atoms with Gasteiger partial charge in [0.05, 0.1) is 0 Å². The zero-order valence-electron chi connectivity index (χ0n) is 12.4. The summed E-state index contributed by atoms with van der Waals surface area (Å²) in [4.78, 5) is 24.0. The van der Waals surface area contributed by atoms with Crippen molar-refractivity contribution in [2.45, 2.75) is 33.2 Å². The maximum absolute atomic E-state index is 11.4. The number of hydrogen-bond acceptors (Lipinski definition) is 5. The van der Waals surface area contributed by atoms with Gasteiger partial charge in [0.1, 0.15) is 6.54 Å². The van der Waals surface area contributed by atoms with E-state index in [1.807, 2.05) is 20.8 Å². The molecule has 116 valence electrons. The molecule has 0 spiro atoms. The van der Waals surface area contributed by atoms with Crippen molar-refractivity contribution in [1.29, 1.82) is 0 Å². The van der Waals surface area contributed by atoms with Gasteiger partial charge >= 0.3 is 14.8 Å². The quantitative estimate of drug-likeness (QED) is 0.481. The van der Waals surface area contributed by atoms with E-state index in [0.29, 0.717) is 38.8 Å². The van der Waals surface area contributed by atoms with Crippen LogP contribution in [0.25, 0.3) is 0 Å². The monoisotopic (exact) mass is 304 g/mol. The Morgan fingerprint density at radius 2 is 1.65 bits per heavy atom. The third kappa shape index (κ3) is 4.86. The van der Waals surface area contributed by atoms with Crippen LogP contribution in [0.4, 0.5) is 4.79 Å². The molecule has 20 heavy (non-hydrogen) atoms. The van der Waals surface area contributed by atoms with Gasteiger partial charge in [-0.2, -0.15) is 0 Å². The number of carbonyl (C=O) groups excluding carboxylic acids is 2. The van der Waals surface area contributed by atoms with Gasteiger partial charge in [-0.3, -0.25) is 10.1 Å². The predicted octanol–water partition coefficient (Wildman–Crippen LogP) is 0.977. The molecule has 0 atom stereocenters. The first-order valence-electron chi connectivity index (χ1n) is 7.07. The molecule has 0 saturated carbocycles. The normalized spacial score (nSPS) is 15.8. The van der Waals surface area contributed by atoms with E-state index < -0.39 is 8.80 Å². The Balaban J connectivity index is 2.48. The number of imide groups is 1. The summed E-state index contributed by atoms with van der Waals surface area (Å²) in [5.74, 6) is -0.252. The summed E-state index contributed by atoms with van der Waals surface area (Å²) < 4.78 is 17.2. The minimum absolute atomic E-state index is 0.130. The van der Waals surface area contributed by atoms with Crippen LogP contribution in [-0.4, -0.2) is 58.6 Å². The maximum atomic E-state index is 11.4. The molecular weight excluding hydrogens is 280 g/mol. The van der Waals surface area contributed by atoms with Crippen LogP contribution in [0.3, 0.4) is 0 Å². The fourth-order valence-electron chi connectivity index (χ4n) is 2.15. The van der Waals surface area contributed by atoms with E-state index in [0.717, 1.165) is 0 Å². The van der Waals surface area contributed by atoms with Crippen molar-refractivity contribution < 1.29 is 22.9 Å². The van der Waals surface area contributed by atoms with Crippen LogP contribution >= 0.6 is 0 Å². The second-order valence-corrected chi connectivity index (χ2v) is 7.09. The zero-order chi connectivity index (χ0) is 15.0. The molecule has 7 nitrogen and oxygen atoms in total. The SMILES string of the molecule is CCO[Si](CCCN1CC(=O)NC1=O)(OCC)OCC. The third-order valence-corrected chi connectivity index (χ3v) is 6.02. The average molecular weight is 304 g/mol. The van der Waals surface area contributed by atoms with Gasteiger partial charge in [0, 0.05) is 32.4 Å². The summed E-state index contributed by atoms with van der Waals surface area (Å²) in [5, 5.41) is 2.26. The molecule has 0 aromatic carbocycles. The Hall–Kier alpha value is -0.963. The van der Waals surface area contributed by atoms with Gasteiger partial charge in [0.15, 0.2) is 0 Å². The molecule has 0 aromatic heterocycles. The molecule has 0 aromatic rings. The van der Waals surface area contributed by atoms with Crippen LogP contribution in [0, 0.1) is 0 Å². The lowest BCUT2D eigenvalue weighted by atomic mass is 10.4. The largest absolute Gasteiger partial charge is 0.500 e. The van der Waals surface area contributed by atoms with E-state index in [-0.39, 0.29) is 18.5 Å². The number of rotatable bonds is 10. The van der Waals surface area contributed by atoms with E-state index in [2.05, 4.69) is 5.32 Å². The van der Waals surface area contributed by atoms with Gasteiger partial charge in [-0.15, -0.1) is 0 Å². The van der Waals surface area contributed by atoms with E-state index >= 15 is 0 Å². The van der Waals surface area contributed by atoms with Gasteiger partial charge in [-0.25, -0.2) is 4.79 Å². The van der Waals surface area contributed by atoms with Crippen molar-refractivity contribution in [3.05, 3.63) is 0 Å². The molecule has 8 heteroatoms. The highest BCUT2D eigenvalue weighted by atomic mass is 28.4. The summed E-state index contributed by atoms with van der Waals surface area (Å²) in [5.41, 5.74) is 0. The Bertz CT molecular complexity index is 323. The highest BCUT2D eigenvalue weighted by Crippen LogP contribution is 2.18. The predicted molar refractivity (Wildman–Crippen MR) is 75.2 cm³/mol. The van der Waals surface area contributed by atoms with E-state index in [4.69, 9.17) is 13.3 Å². The van der Waals surface area contributed by atoms with Crippen LogP contribution < -0.4 is 5.32 Å². The van der Waals surface area contributed by atoms with Crippen molar-refractivity contribution in [3.63, 3.8) is 0 Å². The average Bonchev–Trinajstić information content (AvgIpc) is 2.69. The zero-order valence-corrected chi connectivity index (χ0v) is 13.4. The lowest BCUT2D eigenvalue weighted by Crippen LogP contribution is -2.46. The number of urea groups is 1. The Morgan fingerprint density at radius 1 is 1.10 bits per heavy atom. The molecular formula is C12H24N2O5Si. The number of nitrogens with one attached hydrogen (secondary N) is 1. The van der Waals surface area contributed by atoms with E-state index in [1.165, 1.54) is 4.90 Å². The van der Waals surface area contributed by atoms with E-state index in [9.17, 15) is 9.59 Å². The van der Waals surface area contributed by atoms with Crippen molar-refractivity contribution in [2.75, 3.05) is 32.9 Å². The first-order valence-corrected chi connectivity index (χ1v) is 9.00. The Kier molecular flexibility index (Phi) is 7.14. The van der Waals surface area contributed by atoms with Crippen LogP contribution in [0.5, 0.6) is 0 Å². The third-order valence-electron chi connectivity index (χ3n) is 2.87. The number of nitrogens with zero attached hydrogens (tertiary/aromatic N) is 1. The topological polar surface area (TPSA) is 77.1 Å². The second kappa shape index (κ2) is 8.35. The van der Waals surface area contributed by atoms with Crippen molar-refractivity contribution in [1.82, 2.24) is 10.2 Å².